The van der Waals surface area contributed by atoms with E-state index in [2.05, 4.69) is 69.9 Å². The van der Waals surface area contributed by atoms with Crippen molar-refractivity contribution in [1.82, 2.24) is 14.5 Å². The van der Waals surface area contributed by atoms with Crippen LogP contribution in [0.15, 0.2) is 48.5 Å². The highest BCUT2D eigenvalue weighted by Crippen LogP contribution is 2.28. The van der Waals surface area contributed by atoms with E-state index in [4.69, 9.17) is 10.5 Å². The van der Waals surface area contributed by atoms with Crippen LogP contribution in [0.2, 0.25) is 0 Å². The standard InChI is InChI=1S/C20H24N4O/c1-15-7-8-18-17(13-15)22-20(21)24(18)14-19(16-5-3-2-4-6-16)23-9-11-25-12-10-23/h2-8,13,19H,9-12,14H2,1H3,(H2,21,22). The first kappa shape index (κ1) is 16.1. The molecule has 130 valence electrons. The van der Waals surface area contributed by atoms with Crippen LogP contribution in [-0.2, 0) is 11.3 Å². The first-order valence-electron chi connectivity index (χ1n) is 8.81. The summed E-state index contributed by atoms with van der Waals surface area (Å²) in [6.45, 7) is 6.30. The molecule has 0 saturated carbocycles. The average Bonchev–Trinajstić information content (AvgIpc) is 2.95. The van der Waals surface area contributed by atoms with Crippen LogP contribution in [-0.4, -0.2) is 40.8 Å². The summed E-state index contributed by atoms with van der Waals surface area (Å²) < 4.78 is 7.68. The Morgan fingerprint density at radius 3 is 2.64 bits per heavy atom. The zero-order valence-electron chi connectivity index (χ0n) is 14.6. The van der Waals surface area contributed by atoms with Crippen LogP contribution < -0.4 is 5.73 Å². The van der Waals surface area contributed by atoms with E-state index in [1.165, 1.54) is 11.1 Å². The van der Waals surface area contributed by atoms with Crippen molar-refractivity contribution >= 4 is 17.0 Å². The summed E-state index contributed by atoms with van der Waals surface area (Å²) in [6.07, 6.45) is 0. The monoisotopic (exact) mass is 336 g/mol. The van der Waals surface area contributed by atoms with E-state index in [1.54, 1.807) is 0 Å². The van der Waals surface area contributed by atoms with E-state index in [0.29, 0.717) is 5.95 Å². The molecule has 0 spiro atoms. The van der Waals surface area contributed by atoms with Crippen molar-refractivity contribution in [1.29, 1.82) is 0 Å². The number of ether oxygens (including phenoxy) is 1. The lowest BCUT2D eigenvalue weighted by Gasteiger charge is -2.35. The topological polar surface area (TPSA) is 56.3 Å². The van der Waals surface area contributed by atoms with Gasteiger partial charge in [0.15, 0.2) is 0 Å². The fourth-order valence-corrected chi connectivity index (χ4v) is 3.62. The van der Waals surface area contributed by atoms with E-state index >= 15 is 0 Å². The quantitative estimate of drug-likeness (QED) is 0.796. The van der Waals surface area contributed by atoms with Crippen LogP contribution in [0.3, 0.4) is 0 Å². The highest BCUT2D eigenvalue weighted by Gasteiger charge is 2.24. The normalized spacial score (nSPS) is 17.0. The number of hydrogen-bond donors (Lipinski definition) is 1. The third-order valence-electron chi connectivity index (χ3n) is 4.96. The SMILES string of the molecule is Cc1ccc2c(c1)nc(N)n2CC(c1ccccc1)N1CCOCC1. The van der Waals surface area contributed by atoms with Gasteiger partial charge in [-0.3, -0.25) is 4.90 Å². The molecule has 4 rings (SSSR count). The molecular formula is C20H24N4O. The first-order chi connectivity index (χ1) is 12.2. The van der Waals surface area contributed by atoms with Gasteiger partial charge in [-0.2, -0.15) is 0 Å². The Kier molecular flexibility index (Phi) is 4.42. The van der Waals surface area contributed by atoms with Gasteiger partial charge in [-0.1, -0.05) is 36.4 Å². The molecule has 2 heterocycles. The van der Waals surface area contributed by atoms with Crippen LogP contribution in [0, 0.1) is 6.92 Å². The number of morpholine rings is 1. The van der Waals surface area contributed by atoms with Gasteiger partial charge in [0.25, 0.3) is 0 Å². The van der Waals surface area contributed by atoms with E-state index in [9.17, 15) is 0 Å². The molecule has 1 unspecified atom stereocenters. The number of anilines is 1. The number of nitrogens with zero attached hydrogens (tertiary/aromatic N) is 3. The molecule has 1 atom stereocenters. The summed E-state index contributed by atoms with van der Waals surface area (Å²) in [5.74, 6) is 0.579. The highest BCUT2D eigenvalue weighted by molar-refractivity contribution is 5.79. The highest BCUT2D eigenvalue weighted by atomic mass is 16.5. The number of rotatable bonds is 4. The third-order valence-corrected chi connectivity index (χ3v) is 4.96. The Bertz CT molecular complexity index is 853. The molecule has 0 bridgehead atoms. The number of aromatic nitrogens is 2. The summed E-state index contributed by atoms with van der Waals surface area (Å²) in [6, 6.07) is 17.2. The molecule has 1 aliphatic heterocycles. The van der Waals surface area contributed by atoms with Crippen LogP contribution in [0.1, 0.15) is 17.2 Å². The molecule has 0 radical (unpaired) electrons. The van der Waals surface area contributed by atoms with E-state index in [0.717, 1.165) is 43.9 Å². The van der Waals surface area contributed by atoms with Crippen molar-refractivity contribution < 1.29 is 4.74 Å². The van der Waals surface area contributed by atoms with E-state index in [-0.39, 0.29) is 6.04 Å². The average molecular weight is 336 g/mol. The van der Waals surface area contributed by atoms with Gasteiger partial charge < -0.3 is 15.0 Å². The predicted molar refractivity (Wildman–Crippen MR) is 100 cm³/mol. The largest absolute Gasteiger partial charge is 0.379 e. The maximum atomic E-state index is 6.27. The molecule has 0 amide bonds. The van der Waals surface area contributed by atoms with Gasteiger partial charge in [0.1, 0.15) is 0 Å². The Labute approximate surface area is 148 Å². The van der Waals surface area contributed by atoms with E-state index < -0.39 is 0 Å². The molecule has 1 fully saturated rings. The minimum Gasteiger partial charge on any atom is -0.379 e. The number of imidazole rings is 1. The van der Waals surface area contributed by atoms with E-state index in [1.807, 2.05) is 0 Å². The smallest absolute Gasteiger partial charge is 0.201 e. The lowest BCUT2D eigenvalue weighted by Crippen LogP contribution is -2.40. The number of hydrogen-bond acceptors (Lipinski definition) is 4. The van der Waals surface area contributed by atoms with Crippen LogP contribution in [0.5, 0.6) is 0 Å². The van der Waals surface area contributed by atoms with Crippen molar-refractivity contribution in [3.8, 4) is 0 Å². The Balaban J connectivity index is 1.72. The number of fused-ring (bicyclic) bond motifs is 1. The van der Waals surface area contributed by atoms with Crippen LogP contribution >= 0.6 is 0 Å². The second-order valence-electron chi connectivity index (χ2n) is 6.65. The van der Waals surface area contributed by atoms with Crippen molar-refractivity contribution in [3.05, 3.63) is 59.7 Å². The Morgan fingerprint density at radius 1 is 1.12 bits per heavy atom. The number of nitrogen functional groups attached to an aromatic ring is 1. The molecular weight excluding hydrogens is 312 g/mol. The fraction of sp³-hybridized carbons (Fsp3) is 0.350. The molecule has 5 heteroatoms. The van der Waals surface area contributed by atoms with Crippen molar-refractivity contribution in [2.75, 3.05) is 32.0 Å². The second-order valence-corrected chi connectivity index (χ2v) is 6.65. The van der Waals surface area contributed by atoms with Gasteiger partial charge in [0.2, 0.25) is 5.95 Å². The molecule has 2 aromatic carbocycles. The maximum Gasteiger partial charge on any atom is 0.201 e. The van der Waals surface area contributed by atoms with Crippen LogP contribution in [0.25, 0.3) is 11.0 Å². The van der Waals surface area contributed by atoms with Gasteiger partial charge in [0, 0.05) is 19.6 Å². The fourth-order valence-electron chi connectivity index (χ4n) is 3.62. The van der Waals surface area contributed by atoms with Gasteiger partial charge in [-0.05, 0) is 30.2 Å². The first-order valence-corrected chi connectivity index (χ1v) is 8.81. The Morgan fingerprint density at radius 2 is 1.88 bits per heavy atom. The lowest BCUT2D eigenvalue weighted by molar-refractivity contribution is 0.0127. The second kappa shape index (κ2) is 6.86. The van der Waals surface area contributed by atoms with Crippen molar-refractivity contribution in [2.24, 2.45) is 0 Å². The molecule has 0 aliphatic carbocycles. The third kappa shape index (κ3) is 3.25. The molecule has 2 N–H and O–H groups in total. The van der Waals surface area contributed by atoms with Crippen LogP contribution in [0.4, 0.5) is 5.95 Å². The summed E-state index contributed by atoms with van der Waals surface area (Å²) in [7, 11) is 0. The lowest BCUT2D eigenvalue weighted by atomic mass is 10.0. The summed E-state index contributed by atoms with van der Waals surface area (Å²) in [5, 5.41) is 0. The molecule has 1 aliphatic rings. The number of benzene rings is 2. The van der Waals surface area contributed by atoms with Gasteiger partial charge in [-0.25, -0.2) is 4.98 Å². The molecule has 1 saturated heterocycles. The molecule has 5 nitrogen and oxygen atoms in total. The Hall–Kier alpha value is -2.37. The summed E-state index contributed by atoms with van der Waals surface area (Å²) >= 11 is 0. The minimum absolute atomic E-state index is 0.256. The zero-order valence-corrected chi connectivity index (χ0v) is 14.6. The maximum absolute atomic E-state index is 6.27. The van der Waals surface area contributed by atoms with Gasteiger partial charge in [-0.15, -0.1) is 0 Å². The number of aryl methyl sites for hydroxylation is 1. The molecule has 1 aromatic heterocycles. The summed E-state index contributed by atoms with van der Waals surface area (Å²) in [5.41, 5.74) is 10.8. The summed E-state index contributed by atoms with van der Waals surface area (Å²) in [4.78, 5) is 7.05. The van der Waals surface area contributed by atoms with Crippen molar-refractivity contribution in [3.63, 3.8) is 0 Å². The minimum atomic E-state index is 0.256. The molecule has 25 heavy (non-hydrogen) atoms. The van der Waals surface area contributed by atoms with Gasteiger partial charge >= 0.3 is 0 Å². The predicted octanol–water partition coefficient (Wildman–Crippen LogP) is 3.00. The van der Waals surface area contributed by atoms with Gasteiger partial charge in [0.05, 0.1) is 30.3 Å². The molecule has 3 aromatic rings. The number of nitrogens with two attached hydrogens (primary N) is 1. The zero-order chi connectivity index (χ0) is 17.2. The van der Waals surface area contributed by atoms with Crippen molar-refractivity contribution in [2.45, 2.75) is 19.5 Å².